The number of benzene rings is 1. The summed E-state index contributed by atoms with van der Waals surface area (Å²) in [7, 11) is 10.0. The molecule has 14 unspecified atom stereocenters. The molecular weight excluding hydrogens is 1230 g/mol. The summed E-state index contributed by atoms with van der Waals surface area (Å²) in [5.74, 6) is -8.57. The van der Waals surface area contributed by atoms with Crippen LogP contribution in [0.5, 0.6) is 0 Å². The highest BCUT2D eigenvalue weighted by atomic mass is 16.5. The second kappa shape index (κ2) is 36.5. The predicted octanol–water partition coefficient (Wildman–Crippen LogP) is 4.15. The molecule has 1 aromatic rings. The summed E-state index contributed by atoms with van der Waals surface area (Å²) in [5.41, 5.74) is -4.71. The molecular formula is C71H122N12O13. The summed E-state index contributed by atoms with van der Waals surface area (Å²) in [5, 5.41) is 24.5. The molecule has 96 heavy (non-hydrogen) atoms. The van der Waals surface area contributed by atoms with Crippen molar-refractivity contribution in [2.75, 3.05) is 75.6 Å². The van der Waals surface area contributed by atoms with Crippen molar-refractivity contribution in [1.29, 1.82) is 0 Å². The largest absolute Gasteiger partial charge is 0.390 e. The van der Waals surface area contributed by atoms with Gasteiger partial charge in [0.25, 0.3) is 0 Å². The number of hydrogen-bond donors (Lipinski definition) is 5. The van der Waals surface area contributed by atoms with Crippen molar-refractivity contribution in [2.24, 2.45) is 41.4 Å². The second-order valence-corrected chi connectivity index (χ2v) is 29.9. The number of aldehydes is 3. The first-order valence-corrected chi connectivity index (χ1v) is 34.6. The van der Waals surface area contributed by atoms with Crippen LogP contribution in [0.4, 0.5) is 0 Å². The van der Waals surface area contributed by atoms with Crippen LogP contribution in [0.3, 0.4) is 0 Å². The number of likely N-dealkylation sites (N-methyl/N-ethyl adjacent to an activating group) is 7. The van der Waals surface area contributed by atoms with Gasteiger partial charge < -0.3 is 49.9 Å². The highest BCUT2D eigenvalue weighted by molar-refractivity contribution is 5.97. The molecule has 2 heterocycles. The number of amides is 8. The van der Waals surface area contributed by atoms with E-state index >= 15 is 28.8 Å². The first kappa shape index (κ1) is 84.0. The van der Waals surface area contributed by atoms with Crippen molar-refractivity contribution in [1.82, 2.24) is 60.5 Å². The molecule has 25 nitrogen and oxygen atoms in total. The Bertz CT molecular complexity index is 2790. The Hall–Kier alpha value is -6.25. The molecule has 1 aromatic carbocycles. The molecule has 0 radical (unpaired) electrons. The number of aliphatic hydroxyl groups excluding tert-OH is 1. The molecule has 3 rings (SSSR count). The average Bonchev–Trinajstić information content (AvgIpc) is 0.776. The molecule has 0 spiro atoms. The SMILES string of the molecule is CCC1NC(=O)C(C(O)C(C)CCN2CCOC(c3ccccc3)C2)N(C)C(=O)C(C(C)C)N(C)C(=O)C(CC(C)C)N(C)C(C=O)(CC(C)C)N(C)C(=O)C(C)NC(C)(C=O)NC(=O)C(CC(C)C)N(C)C(=O)C(C(C)C)NC(C=O)(CC(C)C)N(C)C(=O)C(C)N(C)C1=O. The summed E-state index contributed by atoms with van der Waals surface area (Å²) in [4.78, 5) is 174. The summed E-state index contributed by atoms with van der Waals surface area (Å²) in [6.07, 6.45) is 0.380. The first-order valence-electron chi connectivity index (χ1n) is 34.6. The molecule has 14 atom stereocenters. The minimum Gasteiger partial charge on any atom is -0.390 e. The minimum absolute atomic E-state index is 0.00793. The highest BCUT2D eigenvalue weighted by Crippen LogP contribution is 2.33. The van der Waals surface area contributed by atoms with Crippen LogP contribution < -0.4 is 21.3 Å². The predicted molar refractivity (Wildman–Crippen MR) is 370 cm³/mol. The molecule has 2 aliphatic rings. The van der Waals surface area contributed by atoms with Crippen molar-refractivity contribution >= 4 is 66.1 Å². The lowest BCUT2D eigenvalue weighted by molar-refractivity contribution is -0.165. The van der Waals surface area contributed by atoms with Crippen molar-refractivity contribution < 1.29 is 62.6 Å². The van der Waals surface area contributed by atoms with Crippen molar-refractivity contribution in [3.8, 4) is 0 Å². The van der Waals surface area contributed by atoms with E-state index in [0.29, 0.717) is 51.5 Å². The number of nitrogens with zero attached hydrogens (tertiary/aromatic N) is 8. The van der Waals surface area contributed by atoms with Crippen LogP contribution in [0.25, 0.3) is 0 Å². The fourth-order valence-electron chi connectivity index (χ4n) is 13.5. The number of carbonyl (C=O) groups is 11. The zero-order chi connectivity index (χ0) is 73.4. The Morgan fingerprint density at radius 1 is 0.604 bits per heavy atom. The van der Waals surface area contributed by atoms with Crippen LogP contribution >= 0.6 is 0 Å². The summed E-state index contributed by atoms with van der Waals surface area (Å²) in [6, 6.07) is -0.734. The fourth-order valence-corrected chi connectivity index (χ4v) is 13.5. The van der Waals surface area contributed by atoms with Crippen LogP contribution in [0, 0.1) is 41.4 Å². The standard InChI is InChI=1S/C71H122N12O13/c1-25-53-65(92)76(18)51(16)64(91)81(23)70(41-85,37-45(6)7)74-57(47(10)11)67(94)77(19)54(35-43(2)3)61(88)75-69(17,40-84)73-50(15)63(90)82(24)71(42-86,38-46(8)9)80(22)55(36-44(4)5)66(93)78(20)58(48(12)13)68(95)79(21)59(62(89)72-53)60(87)49(14)31-32-83-33-34-96-56(39-83)52-29-27-26-28-30-52/h26-30,40-51,53-60,73-74,87H,25,31-39H2,1-24H3,(H,72,89)(H,75,88). The molecule has 25 heteroatoms. The van der Waals surface area contributed by atoms with E-state index < -0.39 is 136 Å². The van der Waals surface area contributed by atoms with Crippen molar-refractivity contribution in [3.05, 3.63) is 35.9 Å². The van der Waals surface area contributed by atoms with Gasteiger partial charge >= 0.3 is 0 Å². The maximum atomic E-state index is 15.7. The molecule has 2 saturated heterocycles. The van der Waals surface area contributed by atoms with E-state index in [-0.39, 0.29) is 61.9 Å². The third-order valence-electron chi connectivity index (χ3n) is 19.5. The van der Waals surface area contributed by atoms with Gasteiger partial charge in [-0.05, 0) is 120 Å². The number of carbonyl (C=O) groups excluding carboxylic acids is 11. The Labute approximate surface area is 573 Å². The third-order valence-corrected chi connectivity index (χ3v) is 19.5. The Morgan fingerprint density at radius 2 is 1.17 bits per heavy atom. The fraction of sp³-hybridized carbons (Fsp3) is 0.761. The zero-order valence-electron chi connectivity index (χ0n) is 62.4. The topological polar surface area (TPSA) is 291 Å². The quantitative estimate of drug-likeness (QED) is 0.115. The van der Waals surface area contributed by atoms with Gasteiger partial charge in [0.15, 0.2) is 30.2 Å². The van der Waals surface area contributed by atoms with E-state index in [1.807, 2.05) is 85.7 Å². The lowest BCUT2D eigenvalue weighted by Gasteiger charge is -2.50. The molecule has 8 amide bonds. The van der Waals surface area contributed by atoms with E-state index in [4.69, 9.17) is 4.74 Å². The lowest BCUT2D eigenvalue weighted by Crippen LogP contribution is -2.71. The van der Waals surface area contributed by atoms with Crippen LogP contribution in [0.2, 0.25) is 0 Å². The number of rotatable bonds is 20. The number of ether oxygens (including phenoxy) is 1. The number of nitrogens with one attached hydrogen (secondary N) is 4. The van der Waals surface area contributed by atoms with Crippen LogP contribution in [-0.4, -0.2) is 257 Å². The van der Waals surface area contributed by atoms with Gasteiger partial charge in [-0.15, -0.1) is 0 Å². The Kier molecular flexibility index (Phi) is 32.0. The van der Waals surface area contributed by atoms with Gasteiger partial charge in [-0.25, -0.2) is 0 Å². The number of aliphatic hydroxyl groups is 1. The average molecular weight is 1350 g/mol. The highest BCUT2D eigenvalue weighted by Gasteiger charge is 2.51. The molecule has 0 bridgehead atoms. The van der Waals surface area contributed by atoms with Gasteiger partial charge in [0.1, 0.15) is 35.9 Å². The summed E-state index contributed by atoms with van der Waals surface area (Å²) in [6.45, 7) is 31.7. The molecule has 2 aliphatic heterocycles. The smallest absolute Gasteiger partial charge is 0.246 e. The number of morpholine rings is 1. The normalized spacial score (nSPS) is 29.9. The molecule has 544 valence electrons. The van der Waals surface area contributed by atoms with Crippen molar-refractivity contribution in [2.45, 2.75) is 234 Å². The summed E-state index contributed by atoms with van der Waals surface area (Å²) >= 11 is 0. The van der Waals surface area contributed by atoms with Crippen LogP contribution in [-0.2, 0) is 57.5 Å². The first-order chi connectivity index (χ1) is 44.6. The van der Waals surface area contributed by atoms with Gasteiger partial charge in [0, 0.05) is 55.4 Å². The van der Waals surface area contributed by atoms with Crippen LogP contribution in [0.1, 0.15) is 168 Å². The second-order valence-electron chi connectivity index (χ2n) is 29.9. The molecule has 0 saturated carbocycles. The van der Waals surface area contributed by atoms with Crippen molar-refractivity contribution in [3.63, 3.8) is 0 Å². The maximum Gasteiger partial charge on any atom is 0.246 e. The van der Waals surface area contributed by atoms with E-state index in [9.17, 15) is 29.1 Å². The van der Waals surface area contributed by atoms with Gasteiger partial charge in [-0.1, -0.05) is 127 Å². The van der Waals surface area contributed by atoms with Gasteiger partial charge in [-0.2, -0.15) is 0 Å². The zero-order valence-corrected chi connectivity index (χ0v) is 62.4. The molecule has 5 N–H and O–H groups in total. The van der Waals surface area contributed by atoms with Gasteiger partial charge in [0.05, 0.1) is 36.9 Å². The monoisotopic (exact) mass is 1350 g/mol. The van der Waals surface area contributed by atoms with E-state index in [1.54, 1.807) is 53.5 Å². The third kappa shape index (κ3) is 20.7. The maximum absolute atomic E-state index is 15.7. The van der Waals surface area contributed by atoms with Gasteiger partial charge in [-0.3, -0.25) is 73.2 Å². The molecule has 0 aliphatic carbocycles. The van der Waals surface area contributed by atoms with E-state index in [1.165, 1.54) is 82.7 Å². The van der Waals surface area contributed by atoms with Crippen LogP contribution in [0.15, 0.2) is 30.3 Å². The number of hydrogen-bond acceptors (Lipinski definition) is 17. The lowest BCUT2D eigenvalue weighted by atomic mass is 9.90. The Morgan fingerprint density at radius 3 is 1.67 bits per heavy atom. The van der Waals surface area contributed by atoms with Gasteiger partial charge in [0.2, 0.25) is 47.3 Å². The Balaban J connectivity index is 2.43. The molecule has 2 fully saturated rings. The minimum atomic E-state index is -1.97. The summed E-state index contributed by atoms with van der Waals surface area (Å²) < 4.78 is 6.14. The van der Waals surface area contributed by atoms with E-state index in [2.05, 4.69) is 26.2 Å². The van der Waals surface area contributed by atoms with E-state index in [0.717, 1.165) is 15.4 Å². The molecule has 0 aromatic heterocycles.